The van der Waals surface area contributed by atoms with Gasteiger partial charge in [-0.3, -0.25) is 9.59 Å². The van der Waals surface area contributed by atoms with E-state index in [9.17, 15) is 22.8 Å². The highest BCUT2D eigenvalue weighted by atomic mass is 32.1. The lowest BCUT2D eigenvalue weighted by Gasteiger charge is -2.27. The number of ketones is 1. The van der Waals surface area contributed by atoms with Crippen LogP contribution in [0.4, 0.5) is 29.8 Å². The van der Waals surface area contributed by atoms with Gasteiger partial charge in [-0.05, 0) is 43.3 Å². The SMILES string of the molecule is COc1ccc(C(=O)c2sc(N(c3ccc(OC(F)F)c(F)c3)C(C)C(N)=O)nc2N)cc1. The zero-order chi connectivity index (χ0) is 24.3. The van der Waals surface area contributed by atoms with Crippen LogP contribution in [0.1, 0.15) is 22.2 Å². The first-order valence-electron chi connectivity index (χ1n) is 9.40. The van der Waals surface area contributed by atoms with E-state index in [1.54, 1.807) is 24.3 Å². The van der Waals surface area contributed by atoms with Gasteiger partial charge in [0.25, 0.3) is 0 Å². The van der Waals surface area contributed by atoms with Gasteiger partial charge in [-0.25, -0.2) is 9.37 Å². The topological polar surface area (TPSA) is 121 Å². The number of thiazole rings is 1. The predicted octanol–water partition coefficient (Wildman–Crippen LogP) is 3.72. The number of alkyl halides is 2. The number of nitrogens with zero attached hydrogens (tertiary/aromatic N) is 2. The van der Waals surface area contributed by atoms with E-state index in [4.69, 9.17) is 16.2 Å². The molecule has 1 heterocycles. The van der Waals surface area contributed by atoms with Gasteiger partial charge >= 0.3 is 6.61 Å². The number of carbonyl (C=O) groups is 2. The molecule has 0 fully saturated rings. The molecule has 33 heavy (non-hydrogen) atoms. The second-order valence-corrected chi connectivity index (χ2v) is 7.69. The van der Waals surface area contributed by atoms with Crippen LogP contribution in [0, 0.1) is 5.82 Å². The quantitative estimate of drug-likeness (QED) is 0.448. The number of amides is 1. The Bertz CT molecular complexity index is 1170. The fraction of sp³-hybridized carbons (Fsp3) is 0.190. The van der Waals surface area contributed by atoms with Gasteiger partial charge in [-0.1, -0.05) is 11.3 Å². The number of rotatable bonds is 9. The molecule has 0 spiro atoms. The standard InChI is InChI=1S/C21H19F3N4O4S/c1-10(19(26)30)28(12-5-8-15(14(22)9-12)32-20(23)24)21-27-18(25)17(33-21)16(29)11-3-6-13(31-2)7-4-11/h3-10,20H,25H2,1-2H3,(H2,26,30). The smallest absolute Gasteiger partial charge is 0.387 e. The first-order chi connectivity index (χ1) is 15.6. The minimum absolute atomic E-state index is 0.0672. The molecule has 0 aliphatic rings. The summed E-state index contributed by atoms with van der Waals surface area (Å²) in [7, 11) is 1.49. The largest absolute Gasteiger partial charge is 0.497 e. The molecule has 1 atom stereocenters. The van der Waals surface area contributed by atoms with Crippen molar-refractivity contribution in [3.05, 3.63) is 58.7 Å². The van der Waals surface area contributed by atoms with Gasteiger partial charge in [0.2, 0.25) is 11.7 Å². The molecule has 174 valence electrons. The fourth-order valence-electron chi connectivity index (χ4n) is 2.92. The molecule has 3 aromatic rings. The molecular formula is C21H19F3N4O4S. The second kappa shape index (κ2) is 9.77. The maximum atomic E-state index is 14.3. The number of nitrogen functional groups attached to an aromatic ring is 1. The van der Waals surface area contributed by atoms with Crippen LogP contribution in [-0.4, -0.2) is 36.4 Å². The lowest BCUT2D eigenvalue weighted by atomic mass is 10.1. The molecule has 0 aliphatic heterocycles. The minimum atomic E-state index is -3.21. The molecule has 4 N–H and O–H groups in total. The number of nitrogens with two attached hydrogens (primary N) is 2. The number of carbonyl (C=O) groups excluding carboxylic acids is 2. The summed E-state index contributed by atoms with van der Waals surface area (Å²) in [4.78, 5) is 30.4. The van der Waals surface area contributed by atoms with Crippen LogP contribution in [0.2, 0.25) is 0 Å². The normalized spacial score (nSPS) is 11.8. The number of benzene rings is 2. The maximum absolute atomic E-state index is 14.3. The van der Waals surface area contributed by atoms with E-state index in [1.165, 1.54) is 25.0 Å². The lowest BCUT2D eigenvalue weighted by Crippen LogP contribution is -2.40. The minimum Gasteiger partial charge on any atom is -0.497 e. The Hall–Kier alpha value is -3.80. The van der Waals surface area contributed by atoms with Crippen molar-refractivity contribution in [1.82, 2.24) is 4.98 Å². The molecule has 0 radical (unpaired) electrons. The predicted molar refractivity (Wildman–Crippen MR) is 117 cm³/mol. The van der Waals surface area contributed by atoms with Gasteiger partial charge in [-0.15, -0.1) is 0 Å². The van der Waals surface area contributed by atoms with Crippen LogP contribution in [0.5, 0.6) is 11.5 Å². The van der Waals surface area contributed by atoms with Gasteiger partial charge < -0.3 is 25.8 Å². The van der Waals surface area contributed by atoms with E-state index in [-0.39, 0.29) is 21.5 Å². The Kier molecular flexibility index (Phi) is 7.07. The zero-order valence-electron chi connectivity index (χ0n) is 17.4. The average Bonchev–Trinajstić information content (AvgIpc) is 3.15. The summed E-state index contributed by atoms with van der Waals surface area (Å²) in [6.07, 6.45) is 0. The average molecular weight is 480 g/mol. The van der Waals surface area contributed by atoms with Crippen molar-refractivity contribution < 1.29 is 32.2 Å². The van der Waals surface area contributed by atoms with E-state index in [2.05, 4.69) is 9.72 Å². The summed E-state index contributed by atoms with van der Waals surface area (Å²) < 4.78 is 48.4. The van der Waals surface area contributed by atoms with Gasteiger partial charge in [0.1, 0.15) is 22.5 Å². The maximum Gasteiger partial charge on any atom is 0.387 e. The van der Waals surface area contributed by atoms with E-state index < -0.39 is 35.9 Å². The monoisotopic (exact) mass is 480 g/mol. The van der Waals surface area contributed by atoms with Crippen molar-refractivity contribution in [2.75, 3.05) is 17.7 Å². The number of hydrogen-bond donors (Lipinski definition) is 2. The summed E-state index contributed by atoms with van der Waals surface area (Å²) >= 11 is 0.869. The van der Waals surface area contributed by atoms with Crippen LogP contribution in [0.15, 0.2) is 42.5 Å². The van der Waals surface area contributed by atoms with Crippen molar-refractivity contribution in [2.45, 2.75) is 19.6 Å². The molecular weight excluding hydrogens is 461 g/mol. The van der Waals surface area contributed by atoms with Crippen molar-refractivity contribution in [3.63, 3.8) is 0 Å². The highest BCUT2D eigenvalue weighted by Gasteiger charge is 2.28. The molecule has 2 aromatic carbocycles. The molecule has 3 rings (SSSR count). The number of primary amides is 1. The Labute approximate surface area is 190 Å². The highest BCUT2D eigenvalue weighted by molar-refractivity contribution is 7.18. The first kappa shape index (κ1) is 23.9. The Morgan fingerprint density at radius 1 is 1.15 bits per heavy atom. The third-order valence-corrected chi connectivity index (χ3v) is 5.68. The number of ether oxygens (including phenoxy) is 2. The highest BCUT2D eigenvalue weighted by Crippen LogP contribution is 2.37. The fourth-order valence-corrected chi connectivity index (χ4v) is 3.97. The molecule has 0 saturated heterocycles. The zero-order valence-corrected chi connectivity index (χ0v) is 18.2. The van der Waals surface area contributed by atoms with Gasteiger partial charge in [0, 0.05) is 17.3 Å². The van der Waals surface area contributed by atoms with E-state index in [0.29, 0.717) is 11.3 Å². The second-order valence-electron chi connectivity index (χ2n) is 6.71. The lowest BCUT2D eigenvalue weighted by molar-refractivity contribution is -0.118. The third kappa shape index (κ3) is 5.17. The molecule has 12 heteroatoms. The summed E-state index contributed by atoms with van der Waals surface area (Å²) in [6.45, 7) is -1.77. The van der Waals surface area contributed by atoms with Crippen molar-refractivity contribution in [1.29, 1.82) is 0 Å². The third-order valence-electron chi connectivity index (χ3n) is 4.62. The molecule has 0 saturated carbocycles. The van der Waals surface area contributed by atoms with Crippen molar-refractivity contribution in [3.8, 4) is 11.5 Å². The van der Waals surface area contributed by atoms with E-state index in [0.717, 1.165) is 23.5 Å². The number of anilines is 3. The van der Waals surface area contributed by atoms with Crippen molar-refractivity contribution in [2.24, 2.45) is 5.73 Å². The van der Waals surface area contributed by atoms with Crippen LogP contribution in [0.3, 0.4) is 0 Å². The van der Waals surface area contributed by atoms with Crippen LogP contribution >= 0.6 is 11.3 Å². The molecule has 1 amide bonds. The molecule has 1 unspecified atom stereocenters. The van der Waals surface area contributed by atoms with Gasteiger partial charge in [0.05, 0.1) is 7.11 Å². The Balaban J connectivity index is 2.01. The van der Waals surface area contributed by atoms with Crippen molar-refractivity contribution >= 4 is 39.7 Å². The van der Waals surface area contributed by atoms with E-state index >= 15 is 0 Å². The Morgan fingerprint density at radius 2 is 1.82 bits per heavy atom. The summed E-state index contributed by atoms with van der Waals surface area (Å²) in [5.74, 6) is -2.50. The van der Waals surface area contributed by atoms with Crippen LogP contribution in [-0.2, 0) is 4.79 Å². The summed E-state index contributed by atoms with van der Waals surface area (Å²) in [6, 6.07) is 8.42. The first-order valence-corrected chi connectivity index (χ1v) is 10.2. The molecule has 0 bridgehead atoms. The van der Waals surface area contributed by atoms with Gasteiger partial charge in [-0.2, -0.15) is 8.78 Å². The molecule has 1 aromatic heterocycles. The summed E-state index contributed by atoms with van der Waals surface area (Å²) in [5.41, 5.74) is 11.8. The molecule has 0 aliphatic carbocycles. The van der Waals surface area contributed by atoms with Gasteiger partial charge in [0.15, 0.2) is 16.7 Å². The Morgan fingerprint density at radius 3 is 2.36 bits per heavy atom. The number of aromatic nitrogens is 1. The molecule has 8 nitrogen and oxygen atoms in total. The van der Waals surface area contributed by atoms with Crippen LogP contribution < -0.4 is 25.8 Å². The number of halogens is 3. The number of hydrogen-bond acceptors (Lipinski definition) is 8. The number of methoxy groups -OCH3 is 1. The van der Waals surface area contributed by atoms with E-state index in [1.807, 2.05) is 0 Å². The summed E-state index contributed by atoms with van der Waals surface area (Å²) in [5, 5.41) is 0.0811. The van der Waals surface area contributed by atoms with Crippen LogP contribution in [0.25, 0.3) is 0 Å².